The highest BCUT2D eigenvalue weighted by Crippen LogP contribution is 2.24. The van der Waals surface area contributed by atoms with Gasteiger partial charge < -0.3 is 5.11 Å². The molecule has 0 unspecified atom stereocenters. The molecule has 0 saturated carbocycles. The van der Waals surface area contributed by atoms with E-state index in [1.807, 2.05) is 0 Å². The summed E-state index contributed by atoms with van der Waals surface area (Å²) in [4.78, 5) is 3.89. The minimum atomic E-state index is 0.0480. The summed E-state index contributed by atoms with van der Waals surface area (Å²) in [6.45, 7) is 0. The van der Waals surface area contributed by atoms with Crippen molar-refractivity contribution in [3.63, 3.8) is 0 Å². The highest BCUT2D eigenvalue weighted by molar-refractivity contribution is 7.13. The lowest BCUT2D eigenvalue weighted by Gasteiger charge is -1.90. The van der Waals surface area contributed by atoms with Crippen LogP contribution in [0.25, 0.3) is 10.6 Å². The highest BCUT2D eigenvalue weighted by atomic mass is 32.1. The Balaban J connectivity index is 2.45. The average Bonchev–Trinajstić information content (AvgIpc) is 2.54. The molecular weight excluding hydrogens is 174 g/mol. The summed E-state index contributed by atoms with van der Waals surface area (Å²) in [6, 6.07) is 1.80. The van der Waals surface area contributed by atoms with Gasteiger partial charge in [-0.25, -0.2) is 4.98 Å². The van der Waals surface area contributed by atoms with Crippen LogP contribution in [0.3, 0.4) is 0 Å². The number of hydrogen-bond donors (Lipinski definition) is 1. The van der Waals surface area contributed by atoms with Gasteiger partial charge in [-0.1, -0.05) is 0 Å². The summed E-state index contributed by atoms with van der Waals surface area (Å²) in [5, 5.41) is 18.7. The van der Waals surface area contributed by atoms with Crippen molar-refractivity contribution in [1.29, 1.82) is 0 Å². The number of aromatic nitrogens is 3. The third kappa shape index (κ3) is 1.26. The van der Waals surface area contributed by atoms with E-state index in [9.17, 15) is 0 Å². The molecule has 2 heterocycles. The lowest BCUT2D eigenvalue weighted by molar-refractivity contribution is 0.458. The fourth-order valence-corrected chi connectivity index (χ4v) is 1.49. The van der Waals surface area contributed by atoms with Gasteiger partial charge in [0, 0.05) is 5.56 Å². The van der Waals surface area contributed by atoms with Gasteiger partial charge in [0.05, 0.1) is 17.8 Å². The number of thiazole rings is 1. The zero-order valence-electron chi connectivity index (χ0n) is 6.01. The van der Waals surface area contributed by atoms with Crippen molar-refractivity contribution in [2.75, 3.05) is 0 Å². The molecule has 0 bridgehead atoms. The molecule has 0 saturated heterocycles. The molecule has 0 fully saturated rings. The van der Waals surface area contributed by atoms with Crippen molar-refractivity contribution in [2.24, 2.45) is 0 Å². The molecule has 0 amide bonds. The molecule has 60 valence electrons. The molecule has 5 heteroatoms. The number of rotatable bonds is 1. The molecule has 0 radical (unpaired) electrons. The largest absolute Gasteiger partial charge is 0.493 e. The first kappa shape index (κ1) is 7.17. The van der Waals surface area contributed by atoms with Gasteiger partial charge in [0.25, 0.3) is 0 Å². The van der Waals surface area contributed by atoms with Gasteiger partial charge in [0.2, 0.25) is 5.88 Å². The Labute approximate surface area is 72.6 Å². The lowest BCUT2D eigenvalue weighted by atomic mass is 10.3. The maximum absolute atomic E-state index is 8.98. The van der Waals surface area contributed by atoms with Crippen LogP contribution in [0, 0.1) is 0 Å². The van der Waals surface area contributed by atoms with Crippen LogP contribution in [-0.2, 0) is 0 Å². The van der Waals surface area contributed by atoms with Crippen LogP contribution >= 0.6 is 11.3 Å². The van der Waals surface area contributed by atoms with Crippen LogP contribution in [0.2, 0.25) is 0 Å². The van der Waals surface area contributed by atoms with Gasteiger partial charge in [0.15, 0.2) is 0 Å². The van der Waals surface area contributed by atoms with Crippen molar-refractivity contribution in [2.45, 2.75) is 0 Å². The molecule has 2 rings (SSSR count). The topological polar surface area (TPSA) is 58.9 Å². The second kappa shape index (κ2) is 2.86. The van der Waals surface area contributed by atoms with Crippen molar-refractivity contribution in [1.82, 2.24) is 15.2 Å². The van der Waals surface area contributed by atoms with Crippen molar-refractivity contribution >= 4 is 11.3 Å². The molecule has 0 aliphatic carbocycles. The van der Waals surface area contributed by atoms with Crippen LogP contribution in [0.5, 0.6) is 5.88 Å². The third-order valence-electron chi connectivity index (χ3n) is 1.32. The zero-order chi connectivity index (χ0) is 8.39. The van der Waals surface area contributed by atoms with Crippen LogP contribution < -0.4 is 0 Å². The molecule has 12 heavy (non-hydrogen) atoms. The fraction of sp³-hybridized carbons (Fsp3) is 0. The molecule has 2 aromatic rings. The average molecular weight is 179 g/mol. The van der Waals surface area contributed by atoms with Gasteiger partial charge in [0.1, 0.15) is 5.01 Å². The van der Waals surface area contributed by atoms with Gasteiger partial charge in [-0.2, -0.15) is 10.2 Å². The van der Waals surface area contributed by atoms with E-state index in [4.69, 9.17) is 5.11 Å². The van der Waals surface area contributed by atoms with Crippen molar-refractivity contribution < 1.29 is 5.11 Å². The Morgan fingerprint density at radius 2 is 2.25 bits per heavy atom. The molecule has 0 aromatic carbocycles. The van der Waals surface area contributed by atoms with Gasteiger partial charge in [-0.3, -0.25) is 0 Å². The summed E-state index contributed by atoms with van der Waals surface area (Å²) >= 11 is 1.37. The Kier molecular flexibility index (Phi) is 1.71. The van der Waals surface area contributed by atoms with E-state index in [0.29, 0.717) is 0 Å². The minimum Gasteiger partial charge on any atom is -0.493 e. The Morgan fingerprint density at radius 3 is 2.83 bits per heavy atom. The fourth-order valence-electron chi connectivity index (χ4n) is 0.815. The highest BCUT2D eigenvalue weighted by Gasteiger charge is 2.02. The Hall–Kier alpha value is -1.49. The van der Waals surface area contributed by atoms with E-state index in [1.54, 1.807) is 23.8 Å². The standard InChI is InChI=1S/C7H5N3OS/c11-6-4-12-7(10-6)5-1-2-8-9-3-5/h1-4,11H. The SMILES string of the molecule is Oc1csc(-c2ccnnc2)n1. The third-order valence-corrected chi connectivity index (χ3v) is 2.20. The molecule has 1 N–H and O–H groups in total. The van der Waals surface area contributed by atoms with E-state index in [-0.39, 0.29) is 5.88 Å². The van der Waals surface area contributed by atoms with Crippen molar-refractivity contribution in [3.05, 3.63) is 23.8 Å². The summed E-state index contributed by atoms with van der Waals surface area (Å²) in [5.74, 6) is 0.0480. The van der Waals surface area contributed by atoms with Crippen LogP contribution in [-0.4, -0.2) is 20.3 Å². The monoisotopic (exact) mass is 179 g/mol. The Bertz CT molecular complexity index is 373. The van der Waals surface area contributed by atoms with Gasteiger partial charge in [-0.15, -0.1) is 11.3 Å². The molecular formula is C7H5N3OS. The zero-order valence-corrected chi connectivity index (χ0v) is 6.82. The normalized spacial score (nSPS) is 10.0. The predicted molar refractivity (Wildman–Crippen MR) is 44.8 cm³/mol. The lowest BCUT2D eigenvalue weighted by Crippen LogP contribution is -1.80. The summed E-state index contributed by atoms with van der Waals surface area (Å²) in [6.07, 6.45) is 3.20. The molecule has 4 nitrogen and oxygen atoms in total. The number of nitrogens with zero attached hydrogens (tertiary/aromatic N) is 3. The minimum absolute atomic E-state index is 0.0480. The quantitative estimate of drug-likeness (QED) is 0.717. The molecule has 0 aliphatic heterocycles. The van der Waals surface area contributed by atoms with Gasteiger partial charge in [-0.05, 0) is 6.07 Å². The second-order valence-corrected chi connectivity index (χ2v) is 3.00. The smallest absolute Gasteiger partial charge is 0.222 e. The van der Waals surface area contributed by atoms with E-state index >= 15 is 0 Å². The molecule has 0 aliphatic rings. The summed E-state index contributed by atoms with van der Waals surface area (Å²) in [7, 11) is 0. The van der Waals surface area contributed by atoms with E-state index in [0.717, 1.165) is 10.6 Å². The molecule has 2 aromatic heterocycles. The van der Waals surface area contributed by atoms with Gasteiger partial charge >= 0.3 is 0 Å². The second-order valence-electron chi connectivity index (χ2n) is 2.14. The summed E-state index contributed by atoms with van der Waals surface area (Å²) < 4.78 is 0. The Morgan fingerprint density at radius 1 is 1.33 bits per heavy atom. The molecule has 0 spiro atoms. The van der Waals surface area contributed by atoms with E-state index in [1.165, 1.54) is 11.3 Å². The maximum Gasteiger partial charge on any atom is 0.222 e. The molecule has 0 atom stereocenters. The first-order chi connectivity index (χ1) is 5.86. The number of hydrogen-bond acceptors (Lipinski definition) is 5. The van der Waals surface area contributed by atoms with E-state index < -0.39 is 0 Å². The van der Waals surface area contributed by atoms with Crippen molar-refractivity contribution in [3.8, 4) is 16.5 Å². The predicted octanol–water partition coefficient (Wildman–Crippen LogP) is 1.31. The first-order valence-corrected chi connectivity index (χ1v) is 4.16. The first-order valence-electron chi connectivity index (χ1n) is 3.28. The van der Waals surface area contributed by atoms with Crippen LogP contribution in [0.4, 0.5) is 0 Å². The maximum atomic E-state index is 8.98. The van der Waals surface area contributed by atoms with Crippen LogP contribution in [0.1, 0.15) is 0 Å². The van der Waals surface area contributed by atoms with Crippen LogP contribution in [0.15, 0.2) is 23.8 Å². The number of aromatic hydroxyl groups is 1. The summed E-state index contributed by atoms with van der Waals surface area (Å²) in [5.41, 5.74) is 0.871. The van der Waals surface area contributed by atoms with E-state index in [2.05, 4.69) is 15.2 Å².